The molecule has 2 N–H and O–H groups in total. The Kier molecular flexibility index (Phi) is 3.16. The maximum absolute atomic E-state index is 5.91. The van der Waals surface area contributed by atoms with Crippen LogP contribution >= 0.6 is 0 Å². The normalized spacial score (nSPS) is 10.7. The predicted molar refractivity (Wildman–Crippen MR) is 75.9 cm³/mol. The molecule has 3 aromatic rings. The fraction of sp³-hybridized carbons (Fsp3) is 0.133. The minimum Gasteiger partial charge on any atom is -0.398 e. The van der Waals surface area contributed by atoms with E-state index in [1.807, 2.05) is 43.3 Å². The summed E-state index contributed by atoms with van der Waals surface area (Å²) >= 11 is 0. The highest BCUT2D eigenvalue weighted by atomic mass is 16.5. The van der Waals surface area contributed by atoms with Crippen molar-refractivity contribution in [2.24, 2.45) is 0 Å². The van der Waals surface area contributed by atoms with Crippen LogP contribution in [-0.4, -0.2) is 15.1 Å². The second-order valence-corrected chi connectivity index (χ2v) is 4.56. The first-order valence-corrected chi connectivity index (χ1v) is 6.32. The number of pyridine rings is 1. The molecule has 5 heteroatoms. The largest absolute Gasteiger partial charge is 0.398 e. The van der Waals surface area contributed by atoms with Crippen LogP contribution in [0.4, 0.5) is 5.69 Å². The van der Waals surface area contributed by atoms with E-state index in [1.165, 1.54) is 0 Å². The summed E-state index contributed by atoms with van der Waals surface area (Å²) in [6.45, 7) is 1.97. The van der Waals surface area contributed by atoms with Gasteiger partial charge in [-0.1, -0.05) is 29.4 Å². The van der Waals surface area contributed by atoms with Gasteiger partial charge in [0.25, 0.3) is 0 Å². The van der Waals surface area contributed by atoms with E-state index in [0.29, 0.717) is 18.1 Å². The van der Waals surface area contributed by atoms with Gasteiger partial charge < -0.3 is 10.3 Å². The van der Waals surface area contributed by atoms with E-state index in [1.54, 1.807) is 6.20 Å². The van der Waals surface area contributed by atoms with Crippen LogP contribution < -0.4 is 5.73 Å². The smallest absolute Gasteiger partial charge is 0.231 e. The molecular formula is C15H14N4O. The Morgan fingerprint density at radius 3 is 2.80 bits per heavy atom. The molecule has 0 unspecified atom stereocenters. The number of hydrogen-bond acceptors (Lipinski definition) is 5. The maximum Gasteiger partial charge on any atom is 0.231 e. The van der Waals surface area contributed by atoms with Crippen molar-refractivity contribution >= 4 is 5.69 Å². The number of anilines is 1. The average Bonchev–Trinajstić information content (AvgIpc) is 2.90. The molecule has 0 aliphatic heterocycles. The van der Waals surface area contributed by atoms with E-state index >= 15 is 0 Å². The Morgan fingerprint density at radius 2 is 2.00 bits per heavy atom. The Morgan fingerprint density at radius 1 is 1.15 bits per heavy atom. The fourth-order valence-electron chi connectivity index (χ4n) is 2.00. The third-order valence-electron chi connectivity index (χ3n) is 3.09. The van der Waals surface area contributed by atoms with E-state index in [0.717, 1.165) is 22.5 Å². The van der Waals surface area contributed by atoms with Crippen molar-refractivity contribution in [3.05, 3.63) is 59.6 Å². The van der Waals surface area contributed by atoms with Gasteiger partial charge >= 0.3 is 0 Å². The summed E-state index contributed by atoms with van der Waals surface area (Å²) in [6, 6.07) is 11.5. The minimum atomic E-state index is 0.507. The van der Waals surface area contributed by atoms with Gasteiger partial charge in [0.2, 0.25) is 11.7 Å². The van der Waals surface area contributed by atoms with Gasteiger partial charge in [-0.2, -0.15) is 4.98 Å². The number of nitrogens with zero attached hydrogens (tertiary/aromatic N) is 3. The number of aromatic nitrogens is 3. The highest BCUT2D eigenvalue weighted by Gasteiger charge is 2.12. The Labute approximate surface area is 116 Å². The Bertz CT molecular complexity index is 736. The molecule has 0 fully saturated rings. The lowest BCUT2D eigenvalue weighted by atomic mass is 10.1. The summed E-state index contributed by atoms with van der Waals surface area (Å²) in [5.41, 5.74) is 9.36. The zero-order valence-corrected chi connectivity index (χ0v) is 11.1. The Hall–Kier alpha value is -2.69. The molecule has 2 aromatic heterocycles. The van der Waals surface area contributed by atoms with Crippen molar-refractivity contribution in [2.75, 3.05) is 5.73 Å². The molecule has 0 spiro atoms. The van der Waals surface area contributed by atoms with E-state index in [2.05, 4.69) is 15.1 Å². The molecule has 0 aliphatic rings. The number of aryl methyl sites for hydroxylation is 1. The van der Waals surface area contributed by atoms with Crippen LogP contribution in [0.15, 0.2) is 47.1 Å². The second-order valence-electron chi connectivity index (χ2n) is 4.56. The van der Waals surface area contributed by atoms with Crippen LogP contribution in [0.2, 0.25) is 0 Å². The first-order valence-electron chi connectivity index (χ1n) is 6.32. The molecule has 0 saturated heterocycles. The van der Waals surface area contributed by atoms with E-state index < -0.39 is 0 Å². The molecule has 20 heavy (non-hydrogen) atoms. The summed E-state index contributed by atoms with van der Waals surface area (Å²) in [4.78, 5) is 8.66. The molecule has 0 saturated carbocycles. The molecule has 0 amide bonds. The quantitative estimate of drug-likeness (QED) is 0.737. The molecule has 0 aliphatic carbocycles. The first-order chi connectivity index (χ1) is 9.74. The molecular weight excluding hydrogens is 252 g/mol. The zero-order chi connectivity index (χ0) is 13.9. The van der Waals surface area contributed by atoms with Crippen molar-refractivity contribution in [3.63, 3.8) is 0 Å². The summed E-state index contributed by atoms with van der Waals surface area (Å²) in [7, 11) is 0. The van der Waals surface area contributed by atoms with E-state index in [-0.39, 0.29) is 0 Å². The molecule has 0 atom stereocenters. The van der Waals surface area contributed by atoms with Crippen molar-refractivity contribution in [2.45, 2.75) is 13.3 Å². The highest BCUT2D eigenvalue weighted by Crippen LogP contribution is 2.19. The summed E-state index contributed by atoms with van der Waals surface area (Å²) < 4.78 is 5.28. The van der Waals surface area contributed by atoms with E-state index in [9.17, 15) is 0 Å². The minimum absolute atomic E-state index is 0.507. The number of nitrogens with two attached hydrogens (primary N) is 1. The number of benzene rings is 1. The molecule has 1 aromatic carbocycles. The molecule has 0 radical (unpaired) electrons. The lowest BCUT2D eigenvalue weighted by Crippen LogP contribution is -1.95. The van der Waals surface area contributed by atoms with Gasteiger partial charge in [-0.05, 0) is 30.2 Å². The molecule has 3 rings (SSSR count). The molecule has 0 bridgehead atoms. The van der Waals surface area contributed by atoms with Crippen LogP contribution in [-0.2, 0) is 6.42 Å². The number of rotatable bonds is 3. The third kappa shape index (κ3) is 2.38. The topological polar surface area (TPSA) is 77.8 Å². The predicted octanol–water partition coefficient (Wildman–Crippen LogP) is 2.61. The van der Waals surface area contributed by atoms with Gasteiger partial charge in [0.1, 0.15) is 5.69 Å². The number of hydrogen-bond donors (Lipinski definition) is 1. The van der Waals surface area contributed by atoms with Crippen molar-refractivity contribution in [1.82, 2.24) is 15.1 Å². The summed E-state index contributed by atoms with van der Waals surface area (Å²) in [5.74, 6) is 1.04. The molecule has 2 heterocycles. The van der Waals surface area contributed by atoms with Gasteiger partial charge in [0.05, 0.1) is 6.42 Å². The SMILES string of the molecule is Cc1cccnc1-c1noc(Cc2ccccc2N)n1. The number of nitrogen functional groups attached to an aromatic ring is 1. The van der Waals surface area contributed by atoms with Crippen LogP contribution in [0.3, 0.4) is 0 Å². The summed E-state index contributed by atoms with van der Waals surface area (Å²) in [6.07, 6.45) is 2.24. The average molecular weight is 266 g/mol. The summed E-state index contributed by atoms with van der Waals surface area (Å²) in [5, 5.41) is 3.98. The van der Waals surface area contributed by atoms with E-state index in [4.69, 9.17) is 10.3 Å². The standard InChI is InChI=1S/C15H14N4O/c1-10-5-4-8-17-14(10)15-18-13(20-19-15)9-11-6-2-3-7-12(11)16/h2-8H,9,16H2,1H3. The lowest BCUT2D eigenvalue weighted by molar-refractivity contribution is 0.385. The Balaban J connectivity index is 1.88. The second kappa shape index (κ2) is 5.13. The first kappa shape index (κ1) is 12.3. The monoisotopic (exact) mass is 266 g/mol. The van der Waals surface area contributed by atoms with Crippen LogP contribution in [0.5, 0.6) is 0 Å². The van der Waals surface area contributed by atoms with Gasteiger partial charge in [0.15, 0.2) is 0 Å². The van der Waals surface area contributed by atoms with Crippen LogP contribution in [0.1, 0.15) is 17.0 Å². The fourth-order valence-corrected chi connectivity index (χ4v) is 2.00. The van der Waals surface area contributed by atoms with Crippen LogP contribution in [0.25, 0.3) is 11.5 Å². The third-order valence-corrected chi connectivity index (χ3v) is 3.09. The van der Waals surface area contributed by atoms with Crippen molar-refractivity contribution < 1.29 is 4.52 Å². The zero-order valence-electron chi connectivity index (χ0n) is 11.1. The number of para-hydroxylation sites is 1. The maximum atomic E-state index is 5.91. The van der Waals surface area contributed by atoms with Crippen LogP contribution in [0, 0.1) is 6.92 Å². The lowest BCUT2D eigenvalue weighted by Gasteiger charge is -2.00. The highest BCUT2D eigenvalue weighted by molar-refractivity contribution is 5.53. The van der Waals surface area contributed by atoms with Gasteiger partial charge in [-0.25, -0.2) is 0 Å². The van der Waals surface area contributed by atoms with Gasteiger partial charge in [-0.15, -0.1) is 0 Å². The van der Waals surface area contributed by atoms with Crippen molar-refractivity contribution in [3.8, 4) is 11.5 Å². The van der Waals surface area contributed by atoms with Crippen molar-refractivity contribution in [1.29, 1.82) is 0 Å². The molecule has 5 nitrogen and oxygen atoms in total. The van der Waals surface area contributed by atoms with Gasteiger partial charge in [-0.3, -0.25) is 4.98 Å². The molecule has 100 valence electrons. The van der Waals surface area contributed by atoms with Gasteiger partial charge in [0, 0.05) is 11.9 Å².